The van der Waals surface area contributed by atoms with E-state index in [4.69, 9.17) is 4.42 Å². The summed E-state index contributed by atoms with van der Waals surface area (Å²) in [6.07, 6.45) is 2.20. The van der Waals surface area contributed by atoms with E-state index in [-0.39, 0.29) is 24.8 Å². The standard InChI is InChI=1S/C20H21FN4O2/c1-12-9-16(20-24-23-19(27-20)14-7-8-14)13(2)25(12)11-18(26)22-10-15-5-3-4-6-17(15)21/h3-6,9,14H,7-8,10-11H2,1-2H3,(H,22,26). The Kier molecular flexibility index (Phi) is 4.51. The highest BCUT2D eigenvalue weighted by molar-refractivity contribution is 5.76. The molecule has 1 N–H and O–H groups in total. The number of amides is 1. The Morgan fingerprint density at radius 1 is 1.30 bits per heavy atom. The largest absolute Gasteiger partial charge is 0.420 e. The van der Waals surface area contributed by atoms with Crippen LogP contribution in [0.1, 0.15) is 41.6 Å². The Morgan fingerprint density at radius 3 is 2.81 bits per heavy atom. The van der Waals surface area contributed by atoms with Gasteiger partial charge < -0.3 is 14.3 Å². The van der Waals surface area contributed by atoms with Crippen LogP contribution in [0, 0.1) is 19.7 Å². The number of hydrogen-bond donors (Lipinski definition) is 1. The zero-order chi connectivity index (χ0) is 19.0. The molecule has 1 aromatic carbocycles. The molecule has 0 aliphatic heterocycles. The van der Waals surface area contributed by atoms with E-state index in [2.05, 4.69) is 15.5 Å². The summed E-state index contributed by atoms with van der Waals surface area (Å²) in [6, 6.07) is 8.36. The van der Waals surface area contributed by atoms with Crippen molar-refractivity contribution in [2.45, 2.75) is 45.7 Å². The van der Waals surface area contributed by atoms with E-state index in [0.29, 0.717) is 23.3 Å². The lowest BCUT2D eigenvalue weighted by molar-refractivity contribution is -0.121. The van der Waals surface area contributed by atoms with Crippen molar-refractivity contribution in [3.63, 3.8) is 0 Å². The summed E-state index contributed by atoms with van der Waals surface area (Å²) in [5, 5.41) is 11.0. The van der Waals surface area contributed by atoms with Crippen molar-refractivity contribution >= 4 is 5.91 Å². The minimum Gasteiger partial charge on any atom is -0.420 e. The van der Waals surface area contributed by atoms with E-state index in [1.54, 1.807) is 18.2 Å². The van der Waals surface area contributed by atoms with E-state index in [1.807, 2.05) is 24.5 Å². The van der Waals surface area contributed by atoms with Crippen molar-refractivity contribution < 1.29 is 13.6 Å². The van der Waals surface area contributed by atoms with Crippen LogP contribution in [0.3, 0.4) is 0 Å². The van der Waals surface area contributed by atoms with Crippen LogP contribution < -0.4 is 5.32 Å². The molecule has 0 saturated heterocycles. The number of nitrogens with one attached hydrogen (secondary N) is 1. The van der Waals surface area contributed by atoms with Gasteiger partial charge in [-0.2, -0.15) is 0 Å². The third-order valence-corrected chi connectivity index (χ3v) is 4.91. The summed E-state index contributed by atoms with van der Waals surface area (Å²) in [4.78, 5) is 12.3. The van der Waals surface area contributed by atoms with E-state index in [9.17, 15) is 9.18 Å². The SMILES string of the molecule is Cc1cc(-c2nnc(C3CC3)o2)c(C)n1CC(=O)NCc1ccccc1F. The molecule has 1 fully saturated rings. The van der Waals surface area contributed by atoms with Crippen LogP contribution in [0.5, 0.6) is 0 Å². The number of aromatic nitrogens is 3. The Labute approximate surface area is 156 Å². The first kappa shape index (κ1) is 17.5. The molecule has 140 valence electrons. The molecule has 1 amide bonds. The number of halogens is 1. The lowest BCUT2D eigenvalue weighted by Crippen LogP contribution is -2.28. The highest BCUT2D eigenvalue weighted by atomic mass is 19.1. The maximum Gasteiger partial charge on any atom is 0.249 e. The fraction of sp³-hybridized carbons (Fsp3) is 0.350. The van der Waals surface area contributed by atoms with Gasteiger partial charge in [-0.1, -0.05) is 18.2 Å². The van der Waals surface area contributed by atoms with Gasteiger partial charge in [-0.15, -0.1) is 10.2 Å². The topological polar surface area (TPSA) is 73.0 Å². The molecule has 1 saturated carbocycles. The van der Waals surface area contributed by atoms with Crippen molar-refractivity contribution in [2.24, 2.45) is 0 Å². The first-order chi connectivity index (χ1) is 13.0. The molecule has 1 aliphatic rings. The number of carbonyl (C=O) groups is 1. The van der Waals surface area contributed by atoms with Gasteiger partial charge in [0, 0.05) is 29.4 Å². The monoisotopic (exact) mass is 368 g/mol. The third-order valence-electron chi connectivity index (χ3n) is 4.91. The molecule has 0 spiro atoms. The molecular formula is C20H21FN4O2. The number of nitrogens with zero attached hydrogens (tertiary/aromatic N) is 3. The van der Waals surface area contributed by atoms with Gasteiger partial charge in [-0.3, -0.25) is 4.79 Å². The number of aryl methyl sites for hydroxylation is 1. The van der Waals surface area contributed by atoms with Gasteiger partial charge in [-0.05, 0) is 38.8 Å². The Hall–Kier alpha value is -2.96. The summed E-state index contributed by atoms with van der Waals surface area (Å²) >= 11 is 0. The maximum atomic E-state index is 13.7. The first-order valence-electron chi connectivity index (χ1n) is 9.03. The highest BCUT2D eigenvalue weighted by Gasteiger charge is 2.30. The van der Waals surface area contributed by atoms with Crippen molar-refractivity contribution in [3.8, 4) is 11.5 Å². The maximum absolute atomic E-state index is 13.7. The van der Waals surface area contributed by atoms with Gasteiger partial charge in [0.1, 0.15) is 12.4 Å². The zero-order valence-electron chi connectivity index (χ0n) is 15.3. The van der Waals surface area contributed by atoms with E-state index in [1.165, 1.54) is 6.07 Å². The second-order valence-electron chi connectivity index (χ2n) is 6.96. The summed E-state index contributed by atoms with van der Waals surface area (Å²) < 4.78 is 21.4. The third kappa shape index (κ3) is 3.63. The molecule has 0 radical (unpaired) electrons. The second kappa shape index (κ2) is 6.98. The molecule has 2 heterocycles. The van der Waals surface area contributed by atoms with Crippen LogP contribution in [-0.2, 0) is 17.9 Å². The zero-order valence-corrected chi connectivity index (χ0v) is 15.3. The van der Waals surface area contributed by atoms with Crippen LogP contribution in [-0.4, -0.2) is 20.7 Å². The molecular weight excluding hydrogens is 347 g/mol. The molecule has 4 rings (SSSR count). The Bertz CT molecular complexity index is 988. The summed E-state index contributed by atoms with van der Waals surface area (Å²) in [7, 11) is 0. The van der Waals surface area contributed by atoms with Crippen LogP contribution >= 0.6 is 0 Å². The molecule has 0 atom stereocenters. The van der Waals surface area contributed by atoms with Crippen molar-refractivity contribution in [1.29, 1.82) is 0 Å². The van der Waals surface area contributed by atoms with E-state index < -0.39 is 0 Å². The number of benzene rings is 1. The molecule has 3 aromatic rings. The summed E-state index contributed by atoms with van der Waals surface area (Å²) in [6.45, 7) is 4.16. The van der Waals surface area contributed by atoms with E-state index in [0.717, 1.165) is 29.8 Å². The highest BCUT2D eigenvalue weighted by Crippen LogP contribution is 2.40. The smallest absolute Gasteiger partial charge is 0.249 e. The lowest BCUT2D eigenvalue weighted by Gasteiger charge is -2.10. The fourth-order valence-electron chi connectivity index (χ4n) is 3.13. The van der Waals surface area contributed by atoms with Crippen molar-refractivity contribution in [3.05, 3.63) is 59.0 Å². The van der Waals surface area contributed by atoms with Gasteiger partial charge in [0.2, 0.25) is 17.7 Å². The predicted octanol–water partition coefficient (Wildman–Crippen LogP) is 3.49. The second-order valence-corrected chi connectivity index (χ2v) is 6.96. The molecule has 1 aliphatic carbocycles. The summed E-state index contributed by atoms with van der Waals surface area (Å²) in [5.74, 6) is 1.08. The molecule has 0 unspecified atom stereocenters. The van der Waals surface area contributed by atoms with Gasteiger partial charge in [0.15, 0.2) is 0 Å². The number of rotatable bonds is 6. The van der Waals surface area contributed by atoms with Crippen LogP contribution in [0.4, 0.5) is 4.39 Å². The quantitative estimate of drug-likeness (QED) is 0.723. The van der Waals surface area contributed by atoms with Crippen molar-refractivity contribution in [1.82, 2.24) is 20.1 Å². The average molecular weight is 368 g/mol. The van der Waals surface area contributed by atoms with Gasteiger partial charge >= 0.3 is 0 Å². The number of hydrogen-bond acceptors (Lipinski definition) is 4. The minimum atomic E-state index is -0.323. The van der Waals surface area contributed by atoms with Crippen molar-refractivity contribution in [2.75, 3.05) is 0 Å². The predicted molar refractivity (Wildman–Crippen MR) is 97.4 cm³/mol. The van der Waals surface area contributed by atoms with Gasteiger partial charge in [-0.25, -0.2) is 4.39 Å². The lowest BCUT2D eigenvalue weighted by atomic mass is 10.2. The first-order valence-corrected chi connectivity index (χ1v) is 9.03. The number of carbonyl (C=O) groups excluding carboxylic acids is 1. The molecule has 6 nitrogen and oxygen atoms in total. The Balaban J connectivity index is 1.46. The van der Waals surface area contributed by atoms with Gasteiger partial charge in [0.05, 0.1) is 5.56 Å². The summed E-state index contributed by atoms with van der Waals surface area (Å²) in [5.41, 5.74) is 3.12. The van der Waals surface area contributed by atoms with Crippen LogP contribution in [0.25, 0.3) is 11.5 Å². The fourth-order valence-corrected chi connectivity index (χ4v) is 3.13. The molecule has 0 bridgehead atoms. The van der Waals surface area contributed by atoms with Crippen LogP contribution in [0.15, 0.2) is 34.7 Å². The Morgan fingerprint density at radius 2 is 2.07 bits per heavy atom. The molecule has 2 aromatic heterocycles. The normalized spacial score (nSPS) is 13.7. The van der Waals surface area contributed by atoms with Crippen LogP contribution in [0.2, 0.25) is 0 Å². The molecule has 7 heteroatoms. The van der Waals surface area contributed by atoms with Gasteiger partial charge in [0.25, 0.3) is 0 Å². The average Bonchev–Trinajstić information content (AvgIpc) is 3.33. The molecule has 27 heavy (non-hydrogen) atoms. The van der Waals surface area contributed by atoms with E-state index >= 15 is 0 Å². The minimum absolute atomic E-state index is 0.149.